The van der Waals surface area contributed by atoms with Crippen molar-refractivity contribution in [1.29, 1.82) is 0 Å². The monoisotopic (exact) mass is 475 g/mol. The van der Waals surface area contributed by atoms with Crippen molar-refractivity contribution in [3.63, 3.8) is 0 Å². The molecule has 0 spiro atoms. The molecule has 3 aliphatic heterocycles. The van der Waals surface area contributed by atoms with E-state index in [2.05, 4.69) is 10.3 Å². The van der Waals surface area contributed by atoms with Gasteiger partial charge in [-0.05, 0) is 42.8 Å². The molecule has 2 amide bonds. The molecule has 3 aromatic carbocycles. The molecule has 0 N–H and O–H groups in total. The Labute approximate surface area is 206 Å². The van der Waals surface area contributed by atoms with Crippen LogP contribution < -0.4 is 9.80 Å². The molecule has 4 atom stereocenters. The molecule has 176 valence electrons. The van der Waals surface area contributed by atoms with E-state index in [1.807, 2.05) is 72.5 Å². The molecule has 2 saturated heterocycles. The minimum absolute atomic E-state index is 0.286. The highest BCUT2D eigenvalue weighted by Gasteiger charge is 2.64. The van der Waals surface area contributed by atoms with Crippen molar-refractivity contribution in [2.24, 2.45) is 11.8 Å². The van der Waals surface area contributed by atoms with E-state index >= 15 is 0 Å². The zero-order chi connectivity index (χ0) is 24.6. The van der Waals surface area contributed by atoms with Crippen molar-refractivity contribution in [3.05, 3.63) is 90.0 Å². The number of hydrogen-bond donors (Lipinski definition) is 0. The molecule has 36 heavy (non-hydrogen) atoms. The fraction of sp³-hybridized carbons (Fsp3) is 0.179. The first-order valence-corrected chi connectivity index (χ1v) is 11.9. The van der Waals surface area contributed by atoms with Crippen LogP contribution in [0.25, 0.3) is 17.1 Å². The normalized spacial score (nSPS) is 24.2. The molecule has 3 aliphatic rings. The van der Waals surface area contributed by atoms with Gasteiger partial charge in [0, 0.05) is 5.69 Å². The lowest BCUT2D eigenvalue weighted by molar-refractivity contribution is -0.122. The molecular formula is C28H21N5O3. The fourth-order valence-corrected chi connectivity index (χ4v) is 5.90. The van der Waals surface area contributed by atoms with E-state index in [0.29, 0.717) is 16.7 Å². The molecule has 0 saturated carbocycles. The molecule has 0 aliphatic carbocycles. The third-order valence-corrected chi connectivity index (χ3v) is 7.52. The minimum atomic E-state index is -0.914. The second-order valence-electron chi connectivity index (χ2n) is 9.49. The summed E-state index contributed by atoms with van der Waals surface area (Å²) in [6, 6.07) is 20.9. The molecule has 2 fully saturated rings. The van der Waals surface area contributed by atoms with Gasteiger partial charge in [0.15, 0.2) is 0 Å². The summed E-state index contributed by atoms with van der Waals surface area (Å²) >= 11 is 0. The van der Waals surface area contributed by atoms with Crippen LogP contribution in [0.3, 0.4) is 0 Å². The van der Waals surface area contributed by atoms with Crippen molar-refractivity contribution >= 4 is 46.2 Å². The fourth-order valence-electron chi connectivity index (χ4n) is 5.90. The highest BCUT2D eigenvalue weighted by atomic mass is 16.2. The average molecular weight is 476 g/mol. The van der Waals surface area contributed by atoms with Crippen LogP contribution in [0.1, 0.15) is 15.9 Å². The van der Waals surface area contributed by atoms with E-state index in [1.54, 1.807) is 24.3 Å². The molecule has 0 radical (unpaired) electrons. The number of anilines is 2. The number of hydrogen-bond acceptors (Lipinski definition) is 6. The van der Waals surface area contributed by atoms with Crippen molar-refractivity contribution in [2.45, 2.75) is 19.0 Å². The number of rotatable bonds is 2. The van der Waals surface area contributed by atoms with Gasteiger partial charge in [0.25, 0.3) is 5.91 Å². The van der Waals surface area contributed by atoms with Gasteiger partial charge in [0.2, 0.25) is 11.8 Å². The van der Waals surface area contributed by atoms with Crippen LogP contribution in [0.2, 0.25) is 0 Å². The van der Waals surface area contributed by atoms with Crippen molar-refractivity contribution < 1.29 is 14.4 Å². The van der Waals surface area contributed by atoms with Crippen molar-refractivity contribution in [2.75, 3.05) is 9.80 Å². The van der Waals surface area contributed by atoms with Crippen molar-refractivity contribution in [3.8, 4) is 0 Å². The molecule has 4 aromatic rings. The van der Waals surface area contributed by atoms with E-state index in [0.717, 1.165) is 16.8 Å². The first-order chi connectivity index (χ1) is 17.5. The smallest absolute Gasteiger partial charge is 0.272 e. The highest BCUT2D eigenvalue weighted by molar-refractivity contribution is 6.25. The van der Waals surface area contributed by atoms with Crippen LogP contribution >= 0.6 is 0 Å². The summed E-state index contributed by atoms with van der Waals surface area (Å²) in [7, 11) is 0. The summed E-state index contributed by atoms with van der Waals surface area (Å²) in [5.74, 6) is -2.57. The van der Waals surface area contributed by atoms with Gasteiger partial charge in [-0.25, -0.2) is 4.90 Å². The largest absolute Gasteiger partial charge is 0.351 e. The topological polar surface area (TPSA) is 88.4 Å². The number of benzene rings is 3. The predicted molar refractivity (Wildman–Crippen MR) is 134 cm³/mol. The number of carbonyl (C=O) groups excluding carboxylic acids is 3. The number of aromatic nitrogens is 3. The lowest BCUT2D eigenvalue weighted by Gasteiger charge is -2.36. The van der Waals surface area contributed by atoms with Gasteiger partial charge in [-0.1, -0.05) is 65.4 Å². The number of carbonyl (C=O) groups is 3. The van der Waals surface area contributed by atoms with Gasteiger partial charge >= 0.3 is 0 Å². The zero-order valence-corrected chi connectivity index (χ0v) is 19.4. The van der Waals surface area contributed by atoms with E-state index in [4.69, 9.17) is 0 Å². The molecule has 0 unspecified atom stereocenters. The van der Waals surface area contributed by atoms with Gasteiger partial charge in [-0.15, -0.1) is 5.10 Å². The Morgan fingerprint density at radius 2 is 1.58 bits per heavy atom. The van der Waals surface area contributed by atoms with Gasteiger partial charge in [0.1, 0.15) is 11.6 Å². The first-order valence-electron chi connectivity index (χ1n) is 11.9. The third-order valence-electron chi connectivity index (χ3n) is 7.52. The quantitative estimate of drug-likeness (QED) is 0.413. The van der Waals surface area contributed by atoms with Crippen LogP contribution in [0, 0.1) is 18.8 Å². The second-order valence-corrected chi connectivity index (χ2v) is 9.49. The maximum Gasteiger partial charge on any atom is 0.272 e. The number of para-hydroxylation sites is 2. The molecule has 1 aromatic heterocycles. The predicted octanol–water partition coefficient (Wildman–Crippen LogP) is 3.47. The Morgan fingerprint density at radius 3 is 2.42 bits per heavy atom. The highest BCUT2D eigenvalue weighted by Crippen LogP contribution is 2.49. The Bertz CT molecular complexity index is 1600. The number of aryl methyl sites for hydroxylation is 1. The van der Waals surface area contributed by atoms with Crippen LogP contribution in [0.15, 0.2) is 78.9 Å². The molecular weight excluding hydrogens is 454 g/mol. The van der Waals surface area contributed by atoms with Gasteiger partial charge in [-0.3, -0.25) is 14.4 Å². The Kier molecular flexibility index (Phi) is 4.30. The Hall–Kier alpha value is -4.59. The van der Waals surface area contributed by atoms with E-state index in [-0.39, 0.29) is 17.7 Å². The summed E-state index contributed by atoms with van der Waals surface area (Å²) in [5, 5.41) is 8.29. The summed E-state index contributed by atoms with van der Waals surface area (Å²) in [5.41, 5.74) is 4.47. The van der Waals surface area contributed by atoms with E-state index in [9.17, 15) is 14.4 Å². The SMILES string of the molecule is Cc1ccc(N2C(=O)[C@@H]3[C@H](C2=O)[C@@H]2C=Cc4ccccc4N2[C@@H]3C(=O)n2nnc3ccccc32)cc1. The average Bonchev–Trinajstić information content (AvgIpc) is 3.56. The molecule has 4 heterocycles. The lowest BCUT2D eigenvalue weighted by atomic mass is 9.88. The molecule has 8 nitrogen and oxygen atoms in total. The Morgan fingerprint density at radius 1 is 0.861 bits per heavy atom. The number of fused-ring (bicyclic) bond motifs is 6. The van der Waals surface area contributed by atoms with Crippen LogP contribution in [-0.2, 0) is 9.59 Å². The Balaban J connectivity index is 1.39. The van der Waals surface area contributed by atoms with Crippen LogP contribution in [0.5, 0.6) is 0 Å². The molecule has 8 heteroatoms. The zero-order valence-electron chi connectivity index (χ0n) is 19.4. The van der Waals surface area contributed by atoms with Gasteiger partial charge in [-0.2, -0.15) is 4.68 Å². The first kappa shape index (κ1) is 20.8. The summed E-state index contributed by atoms with van der Waals surface area (Å²) in [6.45, 7) is 1.95. The minimum Gasteiger partial charge on any atom is -0.351 e. The standard InChI is InChI=1S/C28H21N5O3/c1-16-10-13-18(14-11-16)31-26(34)23-22-15-12-17-6-2-4-8-20(17)32(22)25(24(23)27(31)35)28(36)33-21-9-5-3-7-19(21)29-30-33/h2-15,22-25H,1H3/t22-,23+,24+,25-/m0/s1. The molecule has 7 rings (SSSR count). The second kappa shape index (κ2) is 7.45. The van der Waals surface area contributed by atoms with Gasteiger partial charge < -0.3 is 4.90 Å². The third kappa shape index (κ3) is 2.72. The number of nitrogens with zero attached hydrogens (tertiary/aromatic N) is 5. The summed E-state index contributed by atoms with van der Waals surface area (Å²) in [4.78, 5) is 45.1. The summed E-state index contributed by atoms with van der Waals surface area (Å²) in [6.07, 6.45) is 3.91. The van der Waals surface area contributed by atoms with Crippen molar-refractivity contribution in [1.82, 2.24) is 15.0 Å². The lowest BCUT2D eigenvalue weighted by Crippen LogP contribution is -2.50. The van der Waals surface area contributed by atoms with Crippen LogP contribution in [-0.4, -0.2) is 44.8 Å². The van der Waals surface area contributed by atoms with Crippen LogP contribution in [0.4, 0.5) is 11.4 Å². The maximum atomic E-state index is 14.2. The molecule has 0 bridgehead atoms. The summed E-state index contributed by atoms with van der Waals surface area (Å²) < 4.78 is 1.27. The van der Waals surface area contributed by atoms with Gasteiger partial charge in [0.05, 0.1) is 29.1 Å². The van der Waals surface area contributed by atoms with E-state index < -0.39 is 23.9 Å². The van der Waals surface area contributed by atoms with E-state index in [1.165, 1.54) is 9.58 Å². The maximum absolute atomic E-state index is 14.2. The number of imide groups is 1. The number of amides is 2.